The fourth-order valence-corrected chi connectivity index (χ4v) is 5.09. The first-order valence-electron chi connectivity index (χ1n) is 10.6. The van der Waals surface area contributed by atoms with Crippen LogP contribution in [0.2, 0.25) is 0 Å². The Morgan fingerprint density at radius 2 is 1.74 bits per heavy atom. The van der Waals surface area contributed by atoms with Gasteiger partial charge in [0.1, 0.15) is 0 Å². The number of carbonyl (C=O) groups is 2. The van der Waals surface area contributed by atoms with Crippen molar-refractivity contribution in [1.29, 1.82) is 0 Å². The molecular weight excluding hydrogens is 476 g/mol. The molecule has 1 fully saturated rings. The van der Waals surface area contributed by atoms with E-state index in [-0.39, 0.29) is 28.7 Å². The standard InChI is InChI=1S/C23H24N4O5S2/c1-25-22(30)18-10-7-16(14-19(18)24-23(25)33-2)21(29)27-12-4-11-26(27)20(28)13-15-5-8-17(9-6-15)34(3,31)32/h5-10,14H,4,11-13H2,1-3H3. The van der Waals surface area contributed by atoms with Gasteiger partial charge in [0.05, 0.1) is 22.2 Å². The SMILES string of the molecule is CSc1nc2cc(C(=O)N3CCCN3C(=O)Cc3ccc(S(C)(=O)=O)cc3)ccc2c(=O)n1C. The van der Waals surface area contributed by atoms with Gasteiger partial charge in [-0.05, 0) is 48.6 Å². The average molecular weight is 501 g/mol. The number of rotatable bonds is 5. The van der Waals surface area contributed by atoms with E-state index in [2.05, 4.69) is 4.98 Å². The average Bonchev–Trinajstić information content (AvgIpc) is 3.30. The fourth-order valence-electron chi connectivity index (χ4n) is 3.92. The predicted octanol–water partition coefficient (Wildman–Crippen LogP) is 1.89. The quantitative estimate of drug-likeness (QED) is 0.389. The Morgan fingerprint density at radius 3 is 2.38 bits per heavy atom. The van der Waals surface area contributed by atoms with Crippen molar-refractivity contribution in [3.05, 3.63) is 63.9 Å². The van der Waals surface area contributed by atoms with Crippen molar-refractivity contribution in [1.82, 2.24) is 19.6 Å². The van der Waals surface area contributed by atoms with E-state index in [1.54, 1.807) is 37.4 Å². The van der Waals surface area contributed by atoms with Crippen LogP contribution in [0.25, 0.3) is 10.9 Å². The lowest BCUT2D eigenvalue weighted by atomic mass is 10.1. The lowest BCUT2D eigenvalue weighted by Gasteiger charge is -2.28. The summed E-state index contributed by atoms with van der Waals surface area (Å²) in [7, 11) is -1.66. The van der Waals surface area contributed by atoms with Crippen molar-refractivity contribution in [2.75, 3.05) is 25.6 Å². The van der Waals surface area contributed by atoms with E-state index in [1.807, 2.05) is 6.26 Å². The first-order chi connectivity index (χ1) is 16.1. The highest BCUT2D eigenvalue weighted by Gasteiger charge is 2.31. The molecule has 3 aromatic rings. The minimum absolute atomic E-state index is 0.0419. The topological polar surface area (TPSA) is 110 Å². The molecule has 0 spiro atoms. The summed E-state index contributed by atoms with van der Waals surface area (Å²) in [5, 5.41) is 3.82. The maximum Gasteiger partial charge on any atom is 0.272 e. The highest BCUT2D eigenvalue weighted by molar-refractivity contribution is 7.98. The van der Waals surface area contributed by atoms with Gasteiger partial charge in [-0.15, -0.1) is 0 Å². The third-order valence-corrected chi connectivity index (χ3v) is 7.58. The summed E-state index contributed by atoms with van der Waals surface area (Å²) in [5.74, 6) is -0.594. The third-order valence-electron chi connectivity index (χ3n) is 5.73. The Morgan fingerprint density at radius 1 is 1.06 bits per heavy atom. The molecule has 9 nitrogen and oxygen atoms in total. The van der Waals surface area contributed by atoms with Crippen LogP contribution in [0.15, 0.2) is 57.3 Å². The van der Waals surface area contributed by atoms with E-state index in [1.165, 1.54) is 38.5 Å². The number of fused-ring (bicyclic) bond motifs is 1. The molecular formula is C23H24N4O5S2. The third kappa shape index (κ3) is 4.58. The molecule has 1 saturated heterocycles. The maximum absolute atomic E-state index is 13.3. The van der Waals surface area contributed by atoms with Gasteiger partial charge >= 0.3 is 0 Å². The van der Waals surface area contributed by atoms with Crippen LogP contribution in [0.3, 0.4) is 0 Å². The molecule has 0 saturated carbocycles. The molecule has 0 radical (unpaired) electrons. The van der Waals surface area contributed by atoms with Crippen LogP contribution in [-0.4, -0.2) is 65.4 Å². The van der Waals surface area contributed by atoms with Crippen molar-refractivity contribution in [3.63, 3.8) is 0 Å². The number of nitrogens with zero attached hydrogens (tertiary/aromatic N) is 4. The van der Waals surface area contributed by atoms with Crippen LogP contribution in [0, 0.1) is 0 Å². The van der Waals surface area contributed by atoms with Crippen LogP contribution in [0.4, 0.5) is 0 Å². The van der Waals surface area contributed by atoms with Gasteiger partial charge in [-0.3, -0.25) is 24.0 Å². The number of aromatic nitrogens is 2. The summed E-state index contributed by atoms with van der Waals surface area (Å²) in [5.41, 5.74) is 1.25. The molecule has 11 heteroatoms. The van der Waals surface area contributed by atoms with Gasteiger partial charge in [0, 0.05) is 32.0 Å². The molecule has 0 N–H and O–H groups in total. The molecule has 2 amide bonds. The number of benzene rings is 2. The second kappa shape index (κ2) is 9.22. The Bertz CT molecular complexity index is 1450. The number of carbonyl (C=O) groups excluding carboxylic acids is 2. The molecule has 0 atom stereocenters. The number of sulfone groups is 1. The van der Waals surface area contributed by atoms with Crippen LogP contribution in [0.5, 0.6) is 0 Å². The molecule has 0 bridgehead atoms. The smallest absolute Gasteiger partial charge is 0.272 e. The van der Waals surface area contributed by atoms with Gasteiger partial charge in [0.15, 0.2) is 15.0 Å². The van der Waals surface area contributed by atoms with Crippen molar-refractivity contribution < 1.29 is 18.0 Å². The molecule has 34 heavy (non-hydrogen) atoms. The normalized spacial score (nSPS) is 14.1. The molecule has 1 aliphatic rings. The van der Waals surface area contributed by atoms with Gasteiger partial charge in [-0.1, -0.05) is 23.9 Å². The zero-order valence-electron chi connectivity index (χ0n) is 19.0. The van der Waals surface area contributed by atoms with Gasteiger partial charge in [-0.25, -0.2) is 18.4 Å². The molecule has 2 aromatic carbocycles. The first-order valence-corrected chi connectivity index (χ1v) is 13.7. The van der Waals surface area contributed by atoms with Gasteiger partial charge < -0.3 is 0 Å². The Labute approximate surface area is 201 Å². The monoisotopic (exact) mass is 500 g/mol. The molecule has 0 unspecified atom stereocenters. The molecule has 2 heterocycles. The number of thioether (sulfide) groups is 1. The van der Waals surface area contributed by atoms with E-state index in [0.717, 1.165) is 6.26 Å². The van der Waals surface area contributed by atoms with Gasteiger partial charge in [0.25, 0.3) is 11.5 Å². The first kappa shape index (κ1) is 24.0. The number of hydrogen-bond acceptors (Lipinski definition) is 7. The Hall–Kier alpha value is -3.18. The highest BCUT2D eigenvalue weighted by atomic mass is 32.2. The van der Waals surface area contributed by atoms with Crippen molar-refractivity contribution in [3.8, 4) is 0 Å². The van der Waals surface area contributed by atoms with Gasteiger partial charge in [0.2, 0.25) is 5.91 Å². The second-order valence-corrected chi connectivity index (χ2v) is 10.9. The molecule has 178 valence electrons. The number of hydrogen-bond donors (Lipinski definition) is 0. The molecule has 1 aromatic heterocycles. The Kier molecular flexibility index (Phi) is 6.50. The van der Waals surface area contributed by atoms with E-state index in [0.29, 0.717) is 46.7 Å². The zero-order valence-corrected chi connectivity index (χ0v) is 20.6. The predicted molar refractivity (Wildman–Crippen MR) is 129 cm³/mol. The van der Waals surface area contributed by atoms with Crippen LogP contribution in [-0.2, 0) is 28.1 Å². The van der Waals surface area contributed by atoms with Crippen LogP contribution in [0.1, 0.15) is 22.3 Å². The zero-order chi connectivity index (χ0) is 24.6. The Balaban J connectivity index is 1.56. The van der Waals surface area contributed by atoms with Crippen LogP contribution >= 0.6 is 11.8 Å². The largest absolute Gasteiger partial charge is 0.290 e. The van der Waals surface area contributed by atoms with Crippen molar-refractivity contribution in [2.24, 2.45) is 7.05 Å². The summed E-state index contributed by atoms with van der Waals surface area (Å²) in [4.78, 5) is 43.5. The minimum atomic E-state index is -3.32. The molecule has 4 rings (SSSR count). The van der Waals surface area contributed by atoms with E-state index in [4.69, 9.17) is 0 Å². The second-order valence-electron chi connectivity index (χ2n) is 8.09. The van der Waals surface area contributed by atoms with E-state index < -0.39 is 9.84 Å². The lowest BCUT2D eigenvalue weighted by molar-refractivity contribution is -0.139. The highest BCUT2D eigenvalue weighted by Crippen LogP contribution is 2.21. The summed E-state index contributed by atoms with van der Waals surface area (Å²) in [6.07, 6.45) is 3.64. The molecule has 1 aliphatic heterocycles. The van der Waals surface area contributed by atoms with E-state index in [9.17, 15) is 22.8 Å². The minimum Gasteiger partial charge on any atom is -0.290 e. The summed E-state index contributed by atoms with van der Waals surface area (Å²) < 4.78 is 24.7. The van der Waals surface area contributed by atoms with E-state index >= 15 is 0 Å². The summed E-state index contributed by atoms with van der Waals surface area (Å²) in [6.45, 7) is 0.810. The lowest BCUT2D eigenvalue weighted by Crippen LogP contribution is -2.45. The fraction of sp³-hybridized carbons (Fsp3) is 0.304. The summed E-state index contributed by atoms with van der Waals surface area (Å²) in [6, 6.07) is 10.9. The molecule has 0 aliphatic carbocycles. The van der Waals surface area contributed by atoms with Gasteiger partial charge in [-0.2, -0.15) is 0 Å². The summed E-state index contributed by atoms with van der Waals surface area (Å²) >= 11 is 1.34. The maximum atomic E-state index is 13.3. The van der Waals surface area contributed by atoms with Crippen molar-refractivity contribution >= 4 is 44.3 Å². The number of hydrazine groups is 1. The van der Waals surface area contributed by atoms with Crippen molar-refractivity contribution in [2.45, 2.75) is 22.9 Å². The van der Waals surface area contributed by atoms with Crippen LogP contribution < -0.4 is 5.56 Å². The number of amides is 2.